The Bertz CT molecular complexity index is 444. The molecular formula is C12H13Cl2F2NO2. The Morgan fingerprint density at radius 3 is 2.63 bits per heavy atom. The summed E-state index contributed by atoms with van der Waals surface area (Å²) in [6.07, 6.45) is -2.57. The van der Waals surface area contributed by atoms with Gasteiger partial charge in [0.05, 0.1) is 24.7 Å². The zero-order chi connectivity index (χ0) is 14.4. The minimum Gasteiger partial charge on any atom is -0.395 e. The molecule has 1 rings (SSSR count). The van der Waals surface area contributed by atoms with Crippen molar-refractivity contribution in [3.63, 3.8) is 0 Å². The summed E-state index contributed by atoms with van der Waals surface area (Å²) >= 11 is 11.6. The Morgan fingerprint density at radius 1 is 1.37 bits per heavy atom. The smallest absolute Gasteiger partial charge is 0.251 e. The second-order valence-corrected chi connectivity index (χ2v) is 4.74. The molecule has 1 aromatic rings. The van der Waals surface area contributed by atoms with E-state index in [2.05, 4.69) is 0 Å². The highest BCUT2D eigenvalue weighted by atomic mass is 35.5. The third-order valence-corrected chi connectivity index (χ3v) is 2.97. The summed E-state index contributed by atoms with van der Waals surface area (Å²) in [7, 11) is 0. The monoisotopic (exact) mass is 311 g/mol. The molecule has 0 aliphatic heterocycles. The first-order valence-electron chi connectivity index (χ1n) is 5.53. The van der Waals surface area contributed by atoms with Gasteiger partial charge in [-0.3, -0.25) is 9.69 Å². The molecule has 106 valence electrons. The van der Waals surface area contributed by atoms with Gasteiger partial charge in [0.15, 0.2) is 5.78 Å². The first-order valence-corrected chi connectivity index (χ1v) is 6.29. The Kier molecular flexibility index (Phi) is 6.65. The highest BCUT2D eigenvalue weighted by molar-refractivity contribution is 6.36. The maximum atomic E-state index is 12.3. The van der Waals surface area contributed by atoms with Crippen LogP contribution in [0.4, 0.5) is 8.78 Å². The molecule has 0 aliphatic carbocycles. The number of aliphatic hydroxyl groups is 1. The van der Waals surface area contributed by atoms with Gasteiger partial charge in [-0.25, -0.2) is 8.78 Å². The van der Waals surface area contributed by atoms with E-state index >= 15 is 0 Å². The van der Waals surface area contributed by atoms with E-state index in [0.29, 0.717) is 5.02 Å². The van der Waals surface area contributed by atoms with Gasteiger partial charge < -0.3 is 5.11 Å². The predicted octanol–water partition coefficient (Wildman–Crippen LogP) is 2.74. The van der Waals surface area contributed by atoms with E-state index in [4.69, 9.17) is 28.3 Å². The third-order valence-electron chi connectivity index (χ3n) is 2.41. The van der Waals surface area contributed by atoms with Crippen LogP contribution >= 0.6 is 23.2 Å². The maximum Gasteiger partial charge on any atom is 0.251 e. The minimum atomic E-state index is -2.57. The molecule has 7 heteroatoms. The number of aliphatic hydroxyl groups excluding tert-OH is 1. The van der Waals surface area contributed by atoms with Crippen LogP contribution in [-0.4, -0.2) is 48.5 Å². The van der Waals surface area contributed by atoms with E-state index in [1.165, 1.54) is 23.1 Å². The summed E-state index contributed by atoms with van der Waals surface area (Å²) in [6.45, 7) is -1.13. The van der Waals surface area contributed by atoms with Gasteiger partial charge >= 0.3 is 0 Å². The molecule has 1 N–H and O–H groups in total. The lowest BCUT2D eigenvalue weighted by molar-refractivity contribution is 0.0689. The van der Waals surface area contributed by atoms with Crippen molar-refractivity contribution in [2.24, 2.45) is 0 Å². The van der Waals surface area contributed by atoms with Gasteiger partial charge in [-0.15, -0.1) is 0 Å². The van der Waals surface area contributed by atoms with Crippen LogP contribution in [0.25, 0.3) is 0 Å². The van der Waals surface area contributed by atoms with Crippen LogP contribution in [-0.2, 0) is 0 Å². The number of alkyl halides is 2. The van der Waals surface area contributed by atoms with Crippen molar-refractivity contribution in [3.05, 3.63) is 33.8 Å². The molecule has 0 atom stereocenters. The van der Waals surface area contributed by atoms with Crippen molar-refractivity contribution in [3.8, 4) is 0 Å². The maximum absolute atomic E-state index is 12.3. The molecule has 0 saturated heterocycles. The van der Waals surface area contributed by atoms with Crippen LogP contribution in [0.2, 0.25) is 10.0 Å². The largest absolute Gasteiger partial charge is 0.395 e. The lowest BCUT2D eigenvalue weighted by Crippen LogP contribution is -2.36. The molecule has 1 aromatic carbocycles. The average Bonchev–Trinajstić information content (AvgIpc) is 2.31. The van der Waals surface area contributed by atoms with E-state index in [0.717, 1.165) is 0 Å². The van der Waals surface area contributed by atoms with Gasteiger partial charge in [0.25, 0.3) is 6.43 Å². The second kappa shape index (κ2) is 7.75. The summed E-state index contributed by atoms with van der Waals surface area (Å²) < 4.78 is 24.6. The fraction of sp³-hybridized carbons (Fsp3) is 0.417. The number of hydrogen-bond donors (Lipinski definition) is 1. The van der Waals surface area contributed by atoms with Gasteiger partial charge in [0.2, 0.25) is 0 Å². The molecule has 0 unspecified atom stereocenters. The summed E-state index contributed by atoms with van der Waals surface area (Å²) in [4.78, 5) is 13.1. The predicted molar refractivity (Wildman–Crippen MR) is 70.3 cm³/mol. The van der Waals surface area contributed by atoms with E-state index in [1.54, 1.807) is 0 Å². The van der Waals surface area contributed by atoms with Gasteiger partial charge in [0, 0.05) is 17.1 Å². The first-order chi connectivity index (χ1) is 8.93. The Balaban J connectivity index is 2.78. The zero-order valence-corrected chi connectivity index (χ0v) is 11.5. The van der Waals surface area contributed by atoms with Crippen LogP contribution < -0.4 is 0 Å². The van der Waals surface area contributed by atoms with Crippen molar-refractivity contribution in [2.45, 2.75) is 6.43 Å². The minimum absolute atomic E-state index is 0.00569. The molecule has 0 heterocycles. The molecule has 0 aliphatic rings. The summed E-state index contributed by atoms with van der Waals surface area (Å²) in [5.74, 6) is -0.415. The van der Waals surface area contributed by atoms with Crippen molar-refractivity contribution in [1.82, 2.24) is 4.90 Å². The number of nitrogens with zero attached hydrogens (tertiary/aromatic N) is 1. The number of ketones is 1. The van der Waals surface area contributed by atoms with Crippen molar-refractivity contribution >= 4 is 29.0 Å². The molecule has 0 spiro atoms. The van der Waals surface area contributed by atoms with E-state index < -0.39 is 18.8 Å². The van der Waals surface area contributed by atoms with Gasteiger partial charge in [0.1, 0.15) is 0 Å². The molecule has 0 saturated carbocycles. The first kappa shape index (κ1) is 16.3. The average molecular weight is 312 g/mol. The lowest BCUT2D eigenvalue weighted by Gasteiger charge is -2.20. The lowest BCUT2D eigenvalue weighted by atomic mass is 10.1. The molecule has 3 nitrogen and oxygen atoms in total. The number of carbonyl (C=O) groups excluding carboxylic acids is 1. The molecule has 0 amide bonds. The number of benzene rings is 1. The molecule has 19 heavy (non-hydrogen) atoms. The second-order valence-electron chi connectivity index (χ2n) is 3.90. The zero-order valence-electron chi connectivity index (χ0n) is 9.95. The third kappa shape index (κ3) is 5.40. The summed E-state index contributed by atoms with van der Waals surface area (Å²) in [6, 6.07) is 4.40. The summed E-state index contributed by atoms with van der Waals surface area (Å²) in [5.41, 5.74) is 0.186. The van der Waals surface area contributed by atoms with Crippen LogP contribution in [0.5, 0.6) is 0 Å². The van der Waals surface area contributed by atoms with Crippen LogP contribution in [0.1, 0.15) is 10.4 Å². The number of hydrogen-bond acceptors (Lipinski definition) is 3. The topological polar surface area (TPSA) is 40.5 Å². The Labute approximate surface area is 119 Å². The van der Waals surface area contributed by atoms with Gasteiger partial charge in [-0.1, -0.05) is 23.2 Å². The highest BCUT2D eigenvalue weighted by Crippen LogP contribution is 2.21. The van der Waals surface area contributed by atoms with Crippen LogP contribution in [0.15, 0.2) is 18.2 Å². The highest BCUT2D eigenvalue weighted by Gasteiger charge is 2.18. The molecule has 0 bridgehead atoms. The fourth-order valence-corrected chi connectivity index (χ4v) is 1.97. The molecular weight excluding hydrogens is 299 g/mol. The van der Waals surface area contributed by atoms with Crippen molar-refractivity contribution in [1.29, 1.82) is 0 Å². The van der Waals surface area contributed by atoms with Gasteiger partial charge in [-0.05, 0) is 18.2 Å². The number of Topliss-reactive ketones (excluding diaryl/α,β-unsaturated/α-hetero) is 1. The summed E-state index contributed by atoms with van der Waals surface area (Å²) in [5, 5.41) is 9.35. The Morgan fingerprint density at radius 2 is 2.05 bits per heavy atom. The van der Waals surface area contributed by atoms with Crippen molar-refractivity contribution in [2.75, 3.05) is 26.2 Å². The molecule has 0 fully saturated rings. The fourth-order valence-electron chi connectivity index (χ4n) is 1.57. The van der Waals surface area contributed by atoms with E-state index in [1.807, 2.05) is 0 Å². The number of halogens is 4. The molecule has 0 aromatic heterocycles. The quantitative estimate of drug-likeness (QED) is 0.787. The normalized spacial score (nSPS) is 11.3. The van der Waals surface area contributed by atoms with Gasteiger partial charge in [-0.2, -0.15) is 0 Å². The Hall–Kier alpha value is -0.750. The van der Waals surface area contributed by atoms with E-state index in [-0.39, 0.29) is 30.3 Å². The van der Waals surface area contributed by atoms with Crippen molar-refractivity contribution < 1.29 is 18.7 Å². The standard InChI is InChI=1S/C12H13Cl2F2NO2/c13-8-1-2-10(14)9(5-8)11(19)6-17(3-4-18)7-12(15)16/h1-2,5,12,18H,3-4,6-7H2. The van der Waals surface area contributed by atoms with Crippen LogP contribution in [0, 0.1) is 0 Å². The van der Waals surface area contributed by atoms with Crippen LogP contribution in [0.3, 0.4) is 0 Å². The number of rotatable bonds is 7. The SMILES string of the molecule is O=C(CN(CCO)CC(F)F)c1cc(Cl)ccc1Cl. The number of carbonyl (C=O) groups is 1. The molecule has 0 radical (unpaired) electrons. The van der Waals surface area contributed by atoms with E-state index in [9.17, 15) is 13.6 Å².